The summed E-state index contributed by atoms with van der Waals surface area (Å²) in [5.41, 5.74) is 5.90. The minimum absolute atomic E-state index is 0.152. The monoisotopic (exact) mass is 216 g/mol. The molecule has 0 fully saturated rings. The van der Waals surface area contributed by atoms with E-state index in [1.807, 2.05) is 0 Å². The van der Waals surface area contributed by atoms with Crippen molar-refractivity contribution in [3.05, 3.63) is 24.3 Å². The Labute approximate surface area is 82.7 Å². The van der Waals surface area contributed by atoms with E-state index >= 15 is 0 Å². The van der Waals surface area contributed by atoms with Crippen molar-refractivity contribution < 1.29 is 8.42 Å². The van der Waals surface area contributed by atoms with Crippen LogP contribution in [0.15, 0.2) is 29.2 Å². The molecule has 0 aliphatic rings. The lowest BCUT2D eigenvalue weighted by molar-refractivity contribution is 0.614. The zero-order valence-corrected chi connectivity index (χ0v) is 8.27. The number of nitrogens with one attached hydrogen (secondary N) is 1. The highest BCUT2D eigenvalue weighted by Gasteiger charge is 1.95. The van der Waals surface area contributed by atoms with Crippen molar-refractivity contribution in [2.45, 2.75) is 4.90 Å². The van der Waals surface area contributed by atoms with Gasteiger partial charge in [-0.1, -0.05) is 0 Å². The minimum Gasteiger partial charge on any atom is -0.376 e. The van der Waals surface area contributed by atoms with Crippen LogP contribution in [0.4, 0.5) is 5.69 Å². The van der Waals surface area contributed by atoms with Crippen LogP contribution in [0, 0.1) is 0 Å². The van der Waals surface area contributed by atoms with Gasteiger partial charge in [0, 0.05) is 5.69 Å². The zero-order chi connectivity index (χ0) is 9.84. The number of hydrogen-bond acceptors (Lipinski definition) is 3. The molecule has 0 aromatic heterocycles. The molecule has 1 rings (SSSR count). The first-order valence-corrected chi connectivity index (χ1v) is 4.99. The summed E-state index contributed by atoms with van der Waals surface area (Å²) < 4.78 is 21.0. The second kappa shape index (κ2) is 4.20. The van der Waals surface area contributed by atoms with Crippen molar-refractivity contribution >= 4 is 33.7 Å². The van der Waals surface area contributed by atoms with E-state index in [9.17, 15) is 8.42 Å². The fraction of sp³-hybridized carbons (Fsp3) is 0. The first-order valence-electron chi connectivity index (χ1n) is 3.40. The van der Waals surface area contributed by atoms with Crippen LogP contribution in [-0.4, -0.2) is 13.5 Å². The lowest BCUT2D eigenvalue weighted by atomic mass is 10.3. The Morgan fingerprint density at radius 3 is 2.23 bits per heavy atom. The van der Waals surface area contributed by atoms with Gasteiger partial charge in [0.1, 0.15) is 0 Å². The molecule has 13 heavy (non-hydrogen) atoms. The zero-order valence-electron chi connectivity index (χ0n) is 6.56. The Morgan fingerprint density at radius 2 is 1.85 bits per heavy atom. The van der Waals surface area contributed by atoms with Gasteiger partial charge in [-0.2, -0.15) is 0 Å². The van der Waals surface area contributed by atoms with Gasteiger partial charge in [0.05, 0.1) is 4.90 Å². The second-order valence-corrected chi connectivity index (χ2v) is 3.76. The average Bonchev–Trinajstić information content (AvgIpc) is 2.04. The summed E-state index contributed by atoms with van der Waals surface area (Å²) in [5, 5.41) is 2.84. The first-order chi connectivity index (χ1) is 6.09. The van der Waals surface area contributed by atoms with Crippen molar-refractivity contribution in [3.63, 3.8) is 0 Å². The van der Waals surface area contributed by atoms with Gasteiger partial charge < -0.3 is 11.1 Å². The maximum absolute atomic E-state index is 10.5. The number of thiol groups is 1. The molecule has 3 N–H and O–H groups in total. The Morgan fingerprint density at radius 1 is 1.31 bits per heavy atom. The maximum atomic E-state index is 10.5. The van der Waals surface area contributed by atoms with Crippen LogP contribution < -0.4 is 11.1 Å². The summed E-state index contributed by atoms with van der Waals surface area (Å²) >= 11 is 4.61. The van der Waals surface area contributed by atoms with E-state index < -0.39 is 10.7 Å². The molecule has 0 unspecified atom stereocenters. The van der Waals surface area contributed by atoms with E-state index in [0.29, 0.717) is 5.69 Å². The van der Waals surface area contributed by atoms with Gasteiger partial charge in [-0.3, -0.25) is 0 Å². The van der Waals surface area contributed by atoms with Crippen LogP contribution in [-0.2, 0) is 10.7 Å². The van der Waals surface area contributed by atoms with Crippen molar-refractivity contribution in [2.24, 2.45) is 5.73 Å². The van der Waals surface area contributed by atoms with Crippen LogP contribution in [0.3, 0.4) is 0 Å². The number of rotatable bonds is 2. The molecule has 4 nitrogen and oxygen atoms in total. The third-order valence-corrected chi connectivity index (χ3v) is 2.17. The molecule has 0 heterocycles. The minimum atomic E-state index is -2.52. The van der Waals surface area contributed by atoms with Crippen LogP contribution in [0.25, 0.3) is 0 Å². The highest BCUT2D eigenvalue weighted by molar-refractivity contribution is 7.80. The fourth-order valence-electron chi connectivity index (χ4n) is 0.809. The number of benzene rings is 1. The molecular formula is C7H8N2O2S2. The molecule has 0 atom stereocenters. The van der Waals surface area contributed by atoms with Crippen LogP contribution >= 0.6 is 12.2 Å². The second-order valence-electron chi connectivity index (χ2n) is 2.29. The Bertz CT molecular complexity index is 376. The summed E-state index contributed by atoms with van der Waals surface area (Å²) in [4.78, 5) is 0.267. The largest absolute Gasteiger partial charge is 0.376 e. The molecule has 0 saturated carbocycles. The van der Waals surface area contributed by atoms with Crippen LogP contribution in [0.1, 0.15) is 0 Å². The molecule has 0 bridgehead atoms. The molecule has 0 spiro atoms. The van der Waals surface area contributed by atoms with Gasteiger partial charge in [-0.05, 0) is 36.5 Å². The smallest absolute Gasteiger partial charge is 0.168 e. The first kappa shape index (κ1) is 9.94. The van der Waals surface area contributed by atoms with Gasteiger partial charge in [0.2, 0.25) is 0 Å². The predicted octanol–water partition coefficient (Wildman–Crippen LogP) is 0.312. The SMILES string of the molecule is NC(=S)Nc1ccc([SH](=O)=O)cc1. The van der Waals surface area contributed by atoms with E-state index in [1.54, 1.807) is 12.1 Å². The van der Waals surface area contributed by atoms with Crippen molar-refractivity contribution in [2.75, 3.05) is 5.32 Å². The van der Waals surface area contributed by atoms with E-state index in [4.69, 9.17) is 5.73 Å². The topological polar surface area (TPSA) is 72.2 Å². The Balaban J connectivity index is 2.87. The molecule has 0 radical (unpaired) electrons. The standard InChI is InChI=1S/C7H8N2O2S2/c8-7(12)9-5-1-3-6(4-2-5)13(10)11/h1-4,13H,(H3,8,9,12). The van der Waals surface area contributed by atoms with E-state index in [1.165, 1.54) is 12.1 Å². The van der Waals surface area contributed by atoms with Gasteiger partial charge in [-0.15, -0.1) is 0 Å². The highest BCUT2D eigenvalue weighted by Crippen LogP contribution is 2.09. The summed E-state index contributed by atoms with van der Waals surface area (Å²) in [7, 11) is -2.52. The van der Waals surface area contributed by atoms with E-state index in [-0.39, 0.29) is 10.0 Å². The molecule has 0 aliphatic carbocycles. The maximum Gasteiger partial charge on any atom is 0.168 e. The number of hydrogen-bond donors (Lipinski definition) is 3. The Kier molecular flexibility index (Phi) is 3.21. The third-order valence-electron chi connectivity index (χ3n) is 1.35. The lowest BCUT2D eigenvalue weighted by Crippen LogP contribution is -2.18. The molecule has 0 aliphatic heterocycles. The lowest BCUT2D eigenvalue weighted by Gasteiger charge is -2.02. The summed E-state index contributed by atoms with van der Waals surface area (Å²) in [5.74, 6) is 0. The fourth-order valence-corrected chi connectivity index (χ4v) is 1.32. The van der Waals surface area contributed by atoms with E-state index in [2.05, 4.69) is 17.5 Å². The van der Waals surface area contributed by atoms with Gasteiger partial charge in [-0.25, -0.2) is 8.42 Å². The quantitative estimate of drug-likeness (QED) is 0.490. The van der Waals surface area contributed by atoms with Crippen molar-refractivity contribution in [3.8, 4) is 0 Å². The van der Waals surface area contributed by atoms with Crippen molar-refractivity contribution in [1.29, 1.82) is 0 Å². The van der Waals surface area contributed by atoms with E-state index in [0.717, 1.165) is 0 Å². The molecule has 0 saturated heterocycles. The predicted molar refractivity (Wildman–Crippen MR) is 55.4 cm³/mol. The summed E-state index contributed by atoms with van der Waals surface area (Å²) in [6, 6.07) is 6.15. The average molecular weight is 216 g/mol. The molecule has 0 amide bonds. The number of anilines is 1. The number of nitrogens with two attached hydrogens (primary N) is 1. The molecule has 1 aromatic carbocycles. The molecule has 6 heteroatoms. The van der Waals surface area contributed by atoms with Gasteiger partial charge in [0.15, 0.2) is 15.8 Å². The number of thiocarbonyl (C=S) groups is 1. The Hall–Kier alpha value is -1.14. The molecule has 1 aromatic rings. The van der Waals surface area contributed by atoms with Crippen LogP contribution in [0.5, 0.6) is 0 Å². The summed E-state index contributed by atoms with van der Waals surface area (Å²) in [6.45, 7) is 0. The molecule has 70 valence electrons. The van der Waals surface area contributed by atoms with Gasteiger partial charge >= 0.3 is 0 Å². The third kappa shape index (κ3) is 3.00. The van der Waals surface area contributed by atoms with Crippen molar-refractivity contribution in [1.82, 2.24) is 0 Å². The van der Waals surface area contributed by atoms with Crippen LogP contribution in [0.2, 0.25) is 0 Å². The summed E-state index contributed by atoms with van der Waals surface area (Å²) in [6.07, 6.45) is 0. The highest BCUT2D eigenvalue weighted by atomic mass is 32.2. The van der Waals surface area contributed by atoms with Gasteiger partial charge in [0.25, 0.3) is 0 Å². The normalized spacial score (nSPS) is 9.92. The molecular weight excluding hydrogens is 208 g/mol.